The number of rotatable bonds is 7. The third kappa shape index (κ3) is 19.2. The first kappa shape index (κ1) is 20.0. The zero-order valence-corrected chi connectivity index (χ0v) is 12.3. The number of hydrogen-bond acceptors (Lipinski definition) is 3. The Hall–Kier alpha value is -1.36. The first-order chi connectivity index (χ1) is 8.60. The highest BCUT2D eigenvalue weighted by molar-refractivity contribution is 5.89. The van der Waals surface area contributed by atoms with E-state index in [0.717, 1.165) is 12.3 Å². The second-order valence-corrected chi connectivity index (χ2v) is 5.37. The average Bonchev–Trinajstić information content (AvgIpc) is 2.23. The number of carboxylic acid groups (broad SMARTS) is 2. The Labute approximate surface area is 115 Å². The van der Waals surface area contributed by atoms with Crippen molar-refractivity contribution in [2.24, 2.45) is 11.7 Å². The van der Waals surface area contributed by atoms with Crippen LogP contribution < -0.4 is 5.73 Å². The summed E-state index contributed by atoms with van der Waals surface area (Å²) in [6.45, 7) is 8.85. The molecule has 0 radical (unpaired) electrons. The molecule has 5 nitrogen and oxygen atoms in total. The van der Waals surface area contributed by atoms with Crippen molar-refractivity contribution in [1.82, 2.24) is 0 Å². The maximum atomic E-state index is 9.55. The average molecular weight is 273 g/mol. The van der Waals surface area contributed by atoms with E-state index in [2.05, 4.69) is 27.7 Å². The van der Waals surface area contributed by atoms with Crippen molar-refractivity contribution in [2.75, 3.05) is 0 Å². The van der Waals surface area contributed by atoms with Gasteiger partial charge >= 0.3 is 11.9 Å². The summed E-state index contributed by atoms with van der Waals surface area (Å²) in [4.78, 5) is 19.1. The van der Waals surface area contributed by atoms with Crippen LogP contribution in [0.25, 0.3) is 0 Å². The van der Waals surface area contributed by atoms with E-state index in [4.69, 9.17) is 15.9 Å². The van der Waals surface area contributed by atoms with Gasteiger partial charge in [0.05, 0.1) is 0 Å². The van der Waals surface area contributed by atoms with Gasteiger partial charge in [-0.3, -0.25) is 0 Å². The van der Waals surface area contributed by atoms with Crippen molar-refractivity contribution < 1.29 is 19.8 Å². The largest absolute Gasteiger partial charge is 0.478 e. The van der Waals surface area contributed by atoms with Crippen LogP contribution in [0.3, 0.4) is 0 Å². The zero-order valence-electron chi connectivity index (χ0n) is 12.3. The zero-order chi connectivity index (χ0) is 15.5. The Morgan fingerprint density at radius 2 is 1.63 bits per heavy atom. The first-order valence-corrected chi connectivity index (χ1v) is 6.53. The number of nitrogens with two attached hydrogens (primary N) is 1. The highest BCUT2D eigenvalue weighted by Crippen LogP contribution is 2.19. The molecule has 5 heteroatoms. The van der Waals surface area contributed by atoms with Crippen LogP contribution in [-0.2, 0) is 9.59 Å². The molecule has 0 rings (SSSR count). The van der Waals surface area contributed by atoms with Crippen LogP contribution >= 0.6 is 0 Å². The molecular weight excluding hydrogens is 246 g/mol. The Kier molecular flexibility index (Phi) is 11.1. The van der Waals surface area contributed by atoms with Crippen molar-refractivity contribution in [3.05, 3.63) is 12.2 Å². The van der Waals surface area contributed by atoms with Crippen molar-refractivity contribution >= 4 is 11.9 Å². The van der Waals surface area contributed by atoms with Crippen LogP contribution in [0.1, 0.15) is 53.4 Å². The molecule has 0 amide bonds. The van der Waals surface area contributed by atoms with Gasteiger partial charge in [0, 0.05) is 17.7 Å². The molecule has 4 N–H and O–H groups in total. The standard InChI is InChI=1S/C10H23N.C4H4O4/c1-5-6-7-10(4,11)8-9(2)3;5-3(6)1-2-4(7)8/h9H,5-8,11H2,1-4H3;1-2H,(H,5,6)(H,7,8)/b;2-1+. The topological polar surface area (TPSA) is 101 Å². The lowest BCUT2D eigenvalue weighted by atomic mass is 9.87. The molecule has 0 aromatic heterocycles. The fourth-order valence-electron chi connectivity index (χ4n) is 1.76. The van der Waals surface area contributed by atoms with Gasteiger partial charge in [-0.1, -0.05) is 33.6 Å². The van der Waals surface area contributed by atoms with Gasteiger partial charge in [-0.25, -0.2) is 9.59 Å². The van der Waals surface area contributed by atoms with E-state index in [1.54, 1.807) is 0 Å². The molecule has 1 unspecified atom stereocenters. The SMILES string of the molecule is CCCCC(C)(N)CC(C)C.O=C(O)/C=C/C(=O)O. The van der Waals surface area contributed by atoms with Crippen molar-refractivity contribution in [3.8, 4) is 0 Å². The number of carboxylic acids is 2. The summed E-state index contributed by atoms with van der Waals surface area (Å²) in [5, 5.41) is 15.6. The van der Waals surface area contributed by atoms with Gasteiger partial charge in [0.2, 0.25) is 0 Å². The van der Waals surface area contributed by atoms with Gasteiger partial charge in [-0.05, 0) is 25.7 Å². The summed E-state index contributed by atoms with van der Waals surface area (Å²) in [5.41, 5.74) is 6.18. The van der Waals surface area contributed by atoms with Crippen LogP contribution in [0.5, 0.6) is 0 Å². The summed E-state index contributed by atoms with van der Waals surface area (Å²) < 4.78 is 0. The molecule has 0 aromatic carbocycles. The highest BCUT2D eigenvalue weighted by atomic mass is 16.4. The summed E-state index contributed by atoms with van der Waals surface area (Å²) >= 11 is 0. The van der Waals surface area contributed by atoms with E-state index in [1.165, 1.54) is 19.3 Å². The summed E-state index contributed by atoms with van der Waals surface area (Å²) in [5.74, 6) is -1.79. The maximum Gasteiger partial charge on any atom is 0.328 e. The molecule has 0 aliphatic carbocycles. The van der Waals surface area contributed by atoms with E-state index >= 15 is 0 Å². The maximum absolute atomic E-state index is 9.55. The summed E-state index contributed by atoms with van der Waals surface area (Å²) in [6, 6.07) is 0. The highest BCUT2D eigenvalue weighted by Gasteiger charge is 2.18. The third-order valence-electron chi connectivity index (χ3n) is 2.34. The van der Waals surface area contributed by atoms with Gasteiger partial charge in [-0.15, -0.1) is 0 Å². The van der Waals surface area contributed by atoms with Gasteiger partial charge in [-0.2, -0.15) is 0 Å². The first-order valence-electron chi connectivity index (χ1n) is 6.53. The van der Waals surface area contributed by atoms with Gasteiger partial charge in [0.15, 0.2) is 0 Å². The second kappa shape index (κ2) is 10.6. The predicted molar refractivity (Wildman–Crippen MR) is 76.0 cm³/mol. The molecule has 112 valence electrons. The minimum atomic E-state index is -1.26. The van der Waals surface area contributed by atoms with Crippen LogP contribution in [0, 0.1) is 5.92 Å². The van der Waals surface area contributed by atoms with Crippen molar-refractivity contribution in [1.29, 1.82) is 0 Å². The van der Waals surface area contributed by atoms with E-state index in [9.17, 15) is 9.59 Å². The van der Waals surface area contributed by atoms with Crippen LogP contribution in [0.2, 0.25) is 0 Å². The number of carbonyl (C=O) groups is 2. The molecular formula is C14H27NO4. The minimum Gasteiger partial charge on any atom is -0.478 e. The summed E-state index contributed by atoms with van der Waals surface area (Å²) in [7, 11) is 0. The number of aliphatic carboxylic acids is 2. The molecule has 0 aromatic rings. The quantitative estimate of drug-likeness (QED) is 0.619. The van der Waals surface area contributed by atoms with Gasteiger partial charge in [0.1, 0.15) is 0 Å². The Balaban J connectivity index is 0. The molecule has 19 heavy (non-hydrogen) atoms. The van der Waals surface area contributed by atoms with Gasteiger partial charge < -0.3 is 15.9 Å². The molecule has 0 aliphatic heterocycles. The second-order valence-electron chi connectivity index (χ2n) is 5.37. The van der Waals surface area contributed by atoms with Crippen molar-refractivity contribution in [3.63, 3.8) is 0 Å². The number of unbranched alkanes of at least 4 members (excludes halogenated alkanes) is 1. The predicted octanol–water partition coefficient (Wildman–Crippen LogP) is 2.65. The van der Waals surface area contributed by atoms with E-state index in [0.29, 0.717) is 12.2 Å². The molecule has 0 fully saturated rings. The monoisotopic (exact) mass is 273 g/mol. The Morgan fingerprint density at radius 1 is 1.21 bits per heavy atom. The third-order valence-corrected chi connectivity index (χ3v) is 2.34. The minimum absolute atomic E-state index is 0.0736. The fourth-order valence-corrected chi connectivity index (χ4v) is 1.76. The fraction of sp³-hybridized carbons (Fsp3) is 0.714. The Bertz CT molecular complexity index is 280. The molecule has 0 saturated heterocycles. The molecule has 0 aliphatic rings. The lowest BCUT2D eigenvalue weighted by Gasteiger charge is -2.26. The lowest BCUT2D eigenvalue weighted by Crippen LogP contribution is -2.37. The Morgan fingerprint density at radius 3 is 1.89 bits per heavy atom. The van der Waals surface area contributed by atoms with Crippen molar-refractivity contribution in [2.45, 2.75) is 58.9 Å². The summed E-state index contributed by atoms with van der Waals surface area (Å²) in [6.07, 6.45) is 5.95. The van der Waals surface area contributed by atoms with Gasteiger partial charge in [0.25, 0.3) is 0 Å². The molecule has 0 bridgehead atoms. The molecule has 1 atom stereocenters. The molecule has 0 saturated carbocycles. The van der Waals surface area contributed by atoms with E-state index < -0.39 is 11.9 Å². The van der Waals surface area contributed by atoms with Crippen LogP contribution in [0.4, 0.5) is 0 Å². The number of hydrogen-bond donors (Lipinski definition) is 3. The molecule has 0 spiro atoms. The van der Waals surface area contributed by atoms with Crippen LogP contribution in [-0.4, -0.2) is 27.7 Å². The molecule has 0 heterocycles. The van der Waals surface area contributed by atoms with Crippen LogP contribution in [0.15, 0.2) is 12.2 Å². The van der Waals surface area contributed by atoms with E-state index in [1.807, 2.05) is 0 Å². The lowest BCUT2D eigenvalue weighted by molar-refractivity contribution is -0.134. The van der Waals surface area contributed by atoms with E-state index in [-0.39, 0.29) is 5.54 Å². The smallest absolute Gasteiger partial charge is 0.328 e. The normalized spacial score (nSPS) is 13.8.